The fourth-order valence-electron chi connectivity index (χ4n) is 13.1. The van der Waals surface area contributed by atoms with Crippen LogP contribution in [-0.2, 0) is 31.9 Å². The van der Waals surface area contributed by atoms with E-state index in [9.17, 15) is 9.90 Å². The van der Waals surface area contributed by atoms with Crippen molar-refractivity contribution in [2.24, 2.45) is 5.73 Å². The first kappa shape index (κ1) is 38.3. The number of esters is 2. The van der Waals surface area contributed by atoms with Gasteiger partial charge in [-0.05, 0) is 87.7 Å². The van der Waals surface area contributed by atoms with E-state index in [-0.39, 0.29) is 47.8 Å². The standard InChI is InChI=1S/C45H51N5O9S/c1-19-11-26-29(36(52)37(19)55-7)34-35-41(60-8)45(59-42(53)33-32-25(12-22(15-46)47-33)24-13-23(54-6)9-10-27(24)48-32)14-28(50(35)43(4)16-44(26,5)49(34)17-43)30-31(45)38(58-21(3)51)20(2)39-40(30)57-18-56-39/h9-11,13,22,28,33-35,41,47-48,52H,12,14-18,46H2,1-8H3/t22-,28-,33+,34+,35+,41-,43-,44?,45?/m0/s1. The number of piperazine rings is 1. The molecule has 15 heteroatoms. The van der Waals surface area contributed by atoms with Crippen molar-refractivity contribution in [3.8, 4) is 34.5 Å². The van der Waals surface area contributed by atoms with Crippen molar-refractivity contribution in [1.29, 1.82) is 0 Å². The molecule has 1 aromatic heterocycles. The number of H-pyrrole nitrogens is 1. The predicted molar refractivity (Wildman–Crippen MR) is 223 cm³/mol. The van der Waals surface area contributed by atoms with Gasteiger partial charge in [-0.3, -0.25) is 19.9 Å². The van der Waals surface area contributed by atoms with Gasteiger partial charge in [-0.2, -0.15) is 11.8 Å². The Kier molecular flexibility index (Phi) is 8.10. The van der Waals surface area contributed by atoms with Gasteiger partial charge in [-0.25, -0.2) is 4.79 Å². The summed E-state index contributed by atoms with van der Waals surface area (Å²) >= 11 is 1.63. The molecule has 2 unspecified atom stereocenters. The molecule has 0 amide bonds. The Labute approximate surface area is 352 Å². The molecule has 0 spiro atoms. The summed E-state index contributed by atoms with van der Waals surface area (Å²) < 4.78 is 37.6. The van der Waals surface area contributed by atoms with E-state index in [4.69, 9.17) is 34.2 Å². The number of hydrogen-bond acceptors (Lipinski definition) is 14. The largest absolute Gasteiger partial charge is 0.504 e. The van der Waals surface area contributed by atoms with Crippen LogP contribution < -0.4 is 34.7 Å². The molecular weight excluding hydrogens is 787 g/mol. The number of thioether (sulfide) groups is 1. The summed E-state index contributed by atoms with van der Waals surface area (Å²) in [6.07, 6.45) is 3.87. The van der Waals surface area contributed by atoms with Crippen molar-refractivity contribution in [3.05, 3.63) is 68.9 Å². The molecule has 1 aliphatic carbocycles. The van der Waals surface area contributed by atoms with Gasteiger partial charge < -0.3 is 44.2 Å². The second-order valence-corrected chi connectivity index (χ2v) is 19.2. The predicted octanol–water partition coefficient (Wildman–Crippen LogP) is 5.42. The third-order valence-corrected chi connectivity index (χ3v) is 16.2. The van der Waals surface area contributed by atoms with Crippen LogP contribution in [0.25, 0.3) is 10.9 Å². The van der Waals surface area contributed by atoms with Crippen molar-refractivity contribution in [2.75, 3.05) is 40.4 Å². The van der Waals surface area contributed by atoms with Crippen LogP contribution in [0.15, 0.2) is 24.3 Å². The highest BCUT2D eigenvalue weighted by Gasteiger charge is 2.75. The number of aromatic amines is 1. The van der Waals surface area contributed by atoms with Gasteiger partial charge in [0.1, 0.15) is 17.5 Å². The van der Waals surface area contributed by atoms with E-state index in [2.05, 4.69) is 46.3 Å². The normalized spacial score (nSPS) is 32.7. The van der Waals surface area contributed by atoms with Gasteiger partial charge in [0.15, 0.2) is 28.6 Å². The number of rotatable bonds is 7. The Morgan fingerprint density at radius 1 is 1.08 bits per heavy atom. The van der Waals surface area contributed by atoms with Gasteiger partial charge in [-0.1, -0.05) is 0 Å². The first-order valence-corrected chi connectivity index (χ1v) is 22.0. The Hall–Kier alpha value is -4.67. The number of ether oxygens (including phenoxy) is 6. The quantitative estimate of drug-likeness (QED) is 0.137. The number of phenols is 1. The van der Waals surface area contributed by atoms with E-state index in [0.717, 1.165) is 63.1 Å². The number of nitrogens with zero attached hydrogens (tertiary/aromatic N) is 2. The number of aromatic nitrogens is 1. The molecule has 5 N–H and O–H groups in total. The van der Waals surface area contributed by atoms with Gasteiger partial charge in [0.05, 0.1) is 25.5 Å². The molecule has 4 aromatic rings. The smallest absolute Gasteiger partial charge is 0.330 e. The average Bonchev–Trinajstić information content (AvgIpc) is 4.00. The molecule has 6 aliphatic heterocycles. The number of carbonyl (C=O) groups excluding carboxylic acids is 2. The van der Waals surface area contributed by atoms with Crippen LogP contribution in [0.4, 0.5) is 0 Å². The average molecular weight is 838 g/mol. The third-order valence-electron chi connectivity index (χ3n) is 15.0. The molecule has 60 heavy (non-hydrogen) atoms. The van der Waals surface area contributed by atoms with Crippen molar-refractivity contribution in [3.63, 3.8) is 0 Å². The van der Waals surface area contributed by atoms with Crippen LogP contribution in [0.5, 0.6) is 34.5 Å². The van der Waals surface area contributed by atoms with Gasteiger partial charge >= 0.3 is 11.9 Å². The Morgan fingerprint density at radius 2 is 1.87 bits per heavy atom. The number of methoxy groups -OCH3 is 2. The molecule has 3 fully saturated rings. The topological polar surface area (TPSA) is 170 Å². The zero-order chi connectivity index (χ0) is 41.9. The van der Waals surface area contributed by atoms with Gasteiger partial charge in [-0.15, -0.1) is 0 Å². The van der Waals surface area contributed by atoms with Crippen molar-refractivity contribution < 1.29 is 43.1 Å². The number of aromatic hydroxyl groups is 1. The van der Waals surface area contributed by atoms with E-state index in [1.54, 1.807) is 26.0 Å². The molecule has 0 radical (unpaired) electrons. The first-order chi connectivity index (χ1) is 28.7. The van der Waals surface area contributed by atoms with Crippen LogP contribution in [-0.4, -0.2) is 95.1 Å². The lowest BCUT2D eigenvalue weighted by Crippen LogP contribution is -2.69. The highest BCUT2D eigenvalue weighted by Crippen LogP contribution is 2.74. The lowest BCUT2D eigenvalue weighted by molar-refractivity contribution is -0.182. The molecule has 7 heterocycles. The number of carbonyl (C=O) groups is 2. The number of phenolic OH excluding ortho intramolecular Hbond substituents is 1. The van der Waals surface area contributed by atoms with Gasteiger partial charge in [0, 0.05) is 94.5 Å². The number of aryl methyl sites for hydroxylation is 1. The summed E-state index contributed by atoms with van der Waals surface area (Å²) in [5.74, 6) is 1.81. The Morgan fingerprint density at radius 3 is 2.58 bits per heavy atom. The lowest BCUT2D eigenvalue weighted by Gasteiger charge is -2.60. The highest BCUT2D eigenvalue weighted by atomic mass is 32.2. The number of hydrogen-bond donors (Lipinski definition) is 4. The fourth-order valence-corrected chi connectivity index (χ4v) is 14.3. The molecule has 7 aliphatic rings. The maximum absolute atomic E-state index is 15.5. The number of piperidine rings is 1. The van der Waals surface area contributed by atoms with Gasteiger partial charge in [0.25, 0.3) is 0 Å². The second kappa shape index (κ2) is 12.7. The molecule has 9 atom stereocenters. The molecule has 3 saturated heterocycles. The van der Waals surface area contributed by atoms with E-state index >= 15 is 4.79 Å². The maximum atomic E-state index is 15.5. The van der Waals surface area contributed by atoms with Crippen molar-refractivity contribution in [2.45, 2.75) is 106 Å². The summed E-state index contributed by atoms with van der Waals surface area (Å²) in [6, 6.07) is 6.03. The van der Waals surface area contributed by atoms with E-state index < -0.39 is 28.8 Å². The Balaban J connectivity index is 1.15. The second-order valence-electron chi connectivity index (χ2n) is 18.2. The summed E-state index contributed by atoms with van der Waals surface area (Å²) in [6.45, 7) is 10.9. The molecule has 3 aromatic carbocycles. The van der Waals surface area contributed by atoms with Crippen LogP contribution in [0.1, 0.15) is 96.4 Å². The SMILES string of the molecule is COc1ccc2[nH]c3c(c2c1)C[C@@H](CN)N[C@H]3C(=O)OC12C[C@@H](c3c4c(c(C)c(OC(C)=O)c31)OCO4)N1[C@H]([C@H]3c4c(cc(C)c(OC)c4O)C4(C)C[C@@]1(C)CN34)[C@@H]2SC. The summed E-state index contributed by atoms with van der Waals surface area (Å²) in [5.41, 5.74) is 11.8. The zero-order valence-electron chi connectivity index (χ0n) is 35.1. The minimum absolute atomic E-state index is 0.00752. The minimum atomic E-state index is -1.33. The Bertz CT molecular complexity index is 2580. The monoisotopic (exact) mass is 837 g/mol. The number of benzene rings is 3. The molecule has 4 bridgehead atoms. The van der Waals surface area contributed by atoms with Crippen molar-refractivity contribution >= 4 is 34.6 Å². The zero-order valence-corrected chi connectivity index (χ0v) is 35.9. The lowest BCUT2D eigenvalue weighted by atomic mass is 9.72. The number of nitrogens with two attached hydrogens (primary N) is 1. The van der Waals surface area contributed by atoms with Crippen LogP contribution in [0.3, 0.4) is 0 Å². The number of fused-ring (bicyclic) bond motifs is 18. The molecular formula is C45H51N5O9S. The molecule has 14 nitrogen and oxygen atoms in total. The summed E-state index contributed by atoms with van der Waals surface area (Å²) in [5, 5.41) is 16.3. The fraction of sp³-hybridized carbons (Fsp3) is 0.511. The summed E-state index contributed by atoms with van der Waals surface area (Å²) in [7, 11) is 3.24. The van der Waals surface area contributed by atoms with Crippen LogP contribution in [0.2, 0.25) is 0 Å². The van der Waals surface area contributed by atoms with Crippen LogP contribution in [0, 0.1) is 13.8 Å². The van der Waals surface area contributed by atoms with E-state index in [1.165, 1.54) is 6.92 Å². The maximum Gasteiger partial charge on any atom is 0.330 e. The van der Waals surface area contributed by atoms with E-state index in [1.807, 2.05) is 32.0 Å². The molecule has 316 valence electrons. The first-order valence-electron chi connectivity index (χ1n) is 20.7. The van der Waals surface area contributed by atoms with E-state index in [0.29, 0.717) is 53.5 Å². The molecule has 11 rings (SSSR count). The number of nitrogens with one attached hydrogen (secondary N) is 2. The minimum Gasteiger partial charge on any atom is -0.504 e. The van der Waals surface area contributed by atoms with Crippen molar-refractivity contribution in [1.82, 2.24) is 20.1 Å². The molecule has 0 saturated carbocycles. The van der Waals surface area contributed by atoms with Gasteiger partial charge in [0.2, 0.25) is 6.79 Å². The third kappa shape index (κ3) is 4.64. The highest BCUT2D eigenvalue weighted by molar-refractivity contribution is 7.99. The summed E-state index contributed by atoms with van der Waals surface area (Å²) in [4.78, 5) is 37.4. The van der Waals surface area contributed by atoms with Crippen LogP contribution >= 0.6 is 11.8 Å².